The number of aryl methyl sites for hydroxylation is 1. The lowest BCUT2D eigenvalue weighted by atomic mass is 9.94. The maximum Gasteiger partial charge on any atom is 0.263 e. The Bertz CT molecular complexity index is 924. The molecule has 0 radical (unpaired) electrons. The van der Waals surface area contributed by atoms with Crippen LogP contribution in [0.2, 0.25) is 0 Å². The normalized spacial score (nSPS) is 21.8. The van der Waals surface area contributed by atoms with Crippen LogP contribution >= 0.6 is 0 Å². The van der Waals surface area contributed by atoms with Crippen molar-refractivity contribution in [3.63, 3.8) is 0 Å². The fourth-order valence-corrected chi connectivity index (χ4v) is 4.05. The van der Waals surface area contributed by atoms with Crippen LogP contribution in [0.5, 0.6) is 0 Å². The van der Waals surface area contributed by atoms with E-state index in [9.17, 15) is 14.4 Å². The molecular formula is C20H22N4O3. The molecule has 2 bridgehead atoms. The first-order valence-corrected chi connectivity index (χ1v) is 9.24. The number of hydrogen-bond acceptors (Lipinski definition) is 4. The molecule has 2 atom stereocenters. The number of piperidine rings is 1. The molecule has 3 aliphatic rings. The SMILES string of the molecule is Cc1ncc(C(=O)N2CC3CCC2CN(C(=O)c2ccccc2)C3)c(=O)[nH]1. The second kappa shape index (κ2) is 6.98. The minimum Gasteiger partial charge on any atom is -0.336 e. The van der Waals surface area contributed by atoms with Crippen molar-refractivity contribution in [2.45, 2.75) is 25.8 Å². The highest BCUT2D eigenvalue weighted by Gasteiger charge is 2.39. The summed E-state index contributed by atoms with van der Waals surface area (Å²) in [7, 11) is 0. The molecule has 140 valence electrons. The van der Waals surface area contributed by atoms with Gasteiger partial charge in [0.1, 0.15) is 11.4 Å². The fourth-order valence-electron chi connectivity index (χ4n) is 4.05. The van der Waals surface area contributed by atoms with E-state index >= 15 is 0 Å². The van der Waals surface area contributed by atoms with Crippen molar-refractivity contribution < 1.29 is 9.59 Å². The average Bonchev–Trinajstić information content (AvgIpc) is 2.99. The third kappa shape index (κ3) is 3.37. The van der Waals surface area contributed by atoms with Gasteiger partial charge >= 0.3 is 0 Å². The van der Waals surface area contributed by atoms with Gasteiger partial charge < -0.3 is 14.8 Å². The van der Waals surface area contributed by atoms with Crippen molar-refractivity contribution >= 4 is 11.8 Å². The van der Waals surface area contributed by atoms with E-state index < -0.39 is 5.56 Å². The Balaban J connectivity index is 1.57. The number of nitrogens with zero attached hydrogens (tertiary/aromatic N) is 3. The van der Waals surface area contributed by atoms with Gasteiger partial charge in [0.2, 0.25) is 0 Å². The topological polar surface area (TPSA) is 86.4 Å². The van der Waals surface area contributed by atoms with Crippen molar-refractivity contribution in [2.75, 3.05) is 19.6 Å². The summed E-state index contributed by atoms with van der Waals surface area (Å²) in [6.07, 6.45) is 3.17. The van der Waals surface area contributed by atoms with Gasteiger partial charge in [0.05, 0.1) is 0 Å². The van der Waals surface area contributed by atoms with Gasteiger partial charge in [-0.3, -0.25) is 14.4 Å². The van der Waals surface area contributed by atoms with Gasteiger partial charge in [0.25, 0.3) is 17.4 Å². The van der Waals surface area contributed by atoms with Crippen molar-refractivity contribution in [3.8, 4) is 0 Å². The first-order chi connectivity index (χ1) is 13.0. The van der Waals surface area contributed by atoms with Crippen molar-refractivity contribution in [3.05, 3.63) is 63.8 Å². The van der Waals surface area contributed by atoms with E-state index in [0.717, 1.165) is 12.8 Å². The lowest BCUT2D eigenvalue weighted by Crippen LogP contribution is -2.49. The van der Waals surface area contributed by atoms with Gasteiger partial charge in [-0.1, -0.05) is 18.2 Å². The van der Waals surface area contributed by atoms with Gasteiger partial charge in [0.15, 0.2) is 0 Å². The minimum absolute atomic E-state index is 0.00310. The first kappa shape index (κ1) is 17.5. The molecule has 0 aliphatic carbocycles. The molecule has 2 unspecified atom stereocenters. The van der Waals surface area contributed by atoms with E-state index in [0.29, 0.717) is 31.0 Å². The zero-order valence-corrected chi connectivity index (χ0v) is 15.2. The van der Waals surface area contributed by atoms with Crippen molar-refractivity contribution in [2.24, 2.45) is 5.92 Å². The Morgan fingerprint density at radius 3 is 2.59 bits per heavy atom. The minimum atomic E-state index is -0.412. The van der Waals surface area contributed by atoms with Crippen LogP contribution in [0.15, 0.2) is 41.3 Å². The summed E-state index contributed by atoms with van der Waals surface area (Å²) in [5.41, 5.74) is 0.315. The summed E-state index contributed by atoms with van der Waals surface area (Å²) < 4.78 is 0. The summed E-state index contributed by atoms with van der Waals surface area (Å²) in [6, 6.07) is 9.14. The molecule has 2 amide bonds. The van der Waals surface area contributed by atoms with Crippen LogP contribution in [0, 0.1) is 12.8 Å². The molecule has 0 spiro atoms. The molecular weight excluding hydrogens is 344 g/mol. The predicted molar refractivity (Wildman–Crippen MR) is 99.5 cm³/mol. The molecule has 0 saturated carbocycles. The lowest BCUT2D eigenvalue weighted by molar-refractivity contribution is 0.0572. The largest absolute Gasteiger partial charge is 0.336 e. The highest BCUT2D eigenvalue weighted by atomic mass is 16.2. The number of aromatic nitrogens is 2. The van der Waals surface area contributed by atoms with Crippen LogP contribution in [-0.2, 0) is 0 Å². The third-order valence-electron chi connectivity index (χ3n) is 5.44. The number of rotatable bonds is 2. The van der Waals surface area contributed by atoms with Crippen LogP contribution in [0.1, 0.15) is 39.4 Å². The first-order valence-electron chi connectivity index (χ1n) is 9.24. The number of amides is 2. The summed E-state index contributed by atoms with van der Waals surface area (Å²) >= 11 is 0. The van der Waals surface area contributed by atoms with Crippen LogP contribution in [0.3, 0.4) is 0 Å². The van der Waals surface area contributed by atoms with Crippen molar-refractivity contribution in [1.29, 1.82) is 0 Å². The number of benzene rings is 1. The van der Waals surface area contributed by atoms with Crippen molar-refractivity contribution in [1.82, 2.24) is 19.8 Å². The quantitative estimate of drug-likeness (QED) is 0.872. The summed E-state index contributed by atoms with van der Waals surface area (Å²) in [5.74, 6) is 0.399. The molecule has 7 heteroatoms. The predicted octanol–water partition coefficient (Wildman–Crippen LogP) is 1.46. The maximum absolute atomic E-state index is 13.0. The second-order valence-corrected chi connectivity index (χ2v) is 7.34. The molecule has 1 aromatic carbocycles. The van der Waals surface area contributed by atoms with E-state index in [2.05, 4.69) is 9.97 Å². The van der Waals surface area contributed by atoms with Gasteiger partial charge in [-0.15, -0.1) is 0 Å². The summed E-state index contributed by atoms with van der Waals surface area (Å²) in [4.78, 5) is 48.3. The Morgan fingerprint density at radius 1 is 1.07 bits per heavy atom. The monoisotopic (exact) mass is 366 g/mol. The van der Waals surface area contributed by atoms with E-state index in [-0.39, 0.29) is 29.3 Å². The number of carbonyl (C=O) groups excluding carboxylic acids is 2. The second-order valence-electron chi connectivity index (χ2n) is 7.34. The number of aromatic amines is 1. The molecule has 3 fully saturated rings. The molecule has 3 aliphatic heterocycles. The highest BCUT2D eigenvalue weighted by Crippen LogP contribution is 2.29. The number of H-pyrrole nitrogens is 1. The molecule has 7 nitrogen and oxygen atoms in total. The number of nitrogens with one attached hydrogen (secondary N) is 1. The maximum atomic E-state index is 13.0. The van der Waals surface area contributed by atoms with Crippen LogP contribution < -0.4 is 5.56 Å². The van der Waals surface area contributed by atoms with Crippen LogP contribution in [-0.4, -0.2) is 57.3 Å². The Kier molecular flexibility index (Phi) is 4.51. The standard InChI is InChI=1S/C20H22N4O3/c1-13-21-9-17(18(25)22-13)20(27)24-11-14-7-8-16(24)12-23(10-14)19(26)15-5-3-2-4-6-15/h2-6,9,14,16H,7-8,10-12H2,1H3,(H,21,22,25). The zero-order valence-electron chi connectivity index (χ0n) is 15.2. The van der Waals surface area contributed by atoms with Gasteiger partial charge in [-0.25, -0.2) is 4.98 Å². The molecule has 3 saturated heterocycles. The average molecular weight is 366 g/mol. The van der Waals surface area contributed by atoms with E-state index in [1.165, 1.54) is 6.20 Å². The molecule has 4 heterocycles. The molecule has 27 heavy (non-hydrogen) atoms. The van der Waals surface area contributed by atoms with Crippen LogP contribution in [0.4, 0.5) is 0 Å². The molecule has 1 N–H and O–H groups in total. The number of carbonyl (C=O) groups is 2. The van der Waals surface area contributed by atoms with Crippen LogP contribution in [0.25, 0.3) is 0 Å². The number of fused-ring (bicyclic) bond motifs is 4. The highest BCUT2D eigenvalue weighted by molar-refractivity contribution is 5.95. The zero-order chi connectivity index (χ0) is 19.0. The van der Waals surface area contributed by atoms with Gasteiger partial charge in [-0.05, 0) is 37.8 Å². The van der Waals surface area contributed by atoms with E-state index in [1.54, 1.807) is 11.8 Å². The summed E-state index contributed by atoms with van der Waals surface area (Å²) in [5, 5.41) is 0. The fraction of sp³-hybridized carbons (Fsp3) is 0.400. The Morgan fingerprint density at radius 2 is 1.85 bits per heavy atom. The van der Waals surface area contributed by atoms with Gasteiger partial charge in [-0.2, -0.15) is 0 Å². The Hall–Kier alpha value is -2.96. The summed E-state index contributed by atoms with van der Waals surface area (Å²) in [6.45, 7) is 3.37. The smallest absolute Gasteiger partial charge is 0.263 e. The molecule has 2 aromatic rings. The lowest BCUT2D eigenvalue weighted by Gasteiger charge is -2.35. The van der Waals surface area contributed by atoms with E-state index in [4.69, 9.17) is 0 Å². The van der Waals surface area contributed by atoms with E-state index in [1.807, 2.05) is 35.2 Å². The molecule has 1 aromatic heterocycles. The number of hydrogen-bond donors (Lipinski definition) is 1. The molecule has 5 rings (SSSR count). The Labute approximate surface area is 157 Å². The third-order valence-corrected chi connectivity index (χ3v) is 5.44. The van der Waals surface area contributed by atoms with Gasteiger partial charge in [0, 0.05) is 37.4 Å².